The predicted octanol–water partition coefficient (Wildman–Crippen LogP) is 0.142. The number of aliphatic imine (C=N–C) groups is 1. The van der Waals surface area contributed by atoms with E-state index in [-0.39, 0.29) is 11.4 Å². The van der Waals surface area contributed by atoms with Crippen LogP contribution in [-0.4, -0.2) is 41.8 Å². The van der Waals surface area contributed by atoms with Gasteiger partial charge < -0.3 is 10.2 Å². The maximum absolute atomic E-state index is 11.3. The van der Waals surface area contributed by atoms with Gasteiger partial charge in [-0.1, -0.05) is 0 Å². The molecule has 1 amide bonds. The summed E-state index contributed by atoms with van der Waals surface area (Å²) in [5, 5.41) is 2.95. The van der Waals surface area contributed by atoms with Gasteiger partial charge in [0, 0.05) is 6.54 Å². The summed E-state index contributed by atoms with van der Waals surface area (Å²) >= 11 is 0. The molecule has 0 aromatic rings. The number of rotatable bonds is 0. The summed E-state index contributed by atoms with van der Waals surface area (Å²) in [6.07, 6.45) is 6.23. The smallest absolute Gasteiger partial charge is 0.222 e. The molecule has 3 heterocycles. The Morgan fingerprint density at radius 2 is 2.57 bits per heavy atom. The Morgan fingerprint density at radius 1 is 1.64 bits per heavy atom. The second kappa shape index (κ2) is 2.72. The number of nitrogens with one attached hydrogen (secondary N) is 1. The van der Waals surface area contributed by atoms with E-state index in [9.17, 15) is 4.79 Å². The van der Waals surface area contributed by atoms with Crippen LogP contribution in [0, 0.1) is 0 Å². The van der Waals surface area contributed by atoms with Crippen molar-refractivity contribution in [3.63, 3.8) is 0 Å². The minimum absolute atomic E-state index is 0.0694. The number of nitrogens with zero attached hydrogens (tertiary/aromatic N) is 2. The molecular formula is C10H15N3O. The lowest BCUT2D eigenvalue weighted by molar-refractivity contribution is -0.119. The number of fused-ring (bicyclic) bond motifs is 2. The molecule has 0 aromatic carbocycles. The van der Waals surface area contributed by atoms with Crippen molar-refractivity contribution in [2.75, 3.05) is 13.1 Å². The normalized spacial score (nSPS) is 40.4. The van der Waals surface area contributed by atoms with Gasteiger partial charge in [-0.05, 0) is 19.3 Å². The van der Waals surface area contributed by atoms with Crippen LogP contribution >= 0.6 is 0 Å². The van der Waals surface area contributed by atoms with Crippen LogP contribution in [0.1, 0.15) is 25.7 Å². The van der Waals surface area contributed by atoms with Gasteiger partial charge in [-0.15, -0.1) is 0 Å². The third-order valence-electron chi connectivity index (χ3n) is 3.75. The molecule has 14 heavy (non-hydrogen) atoms. The topological polar surface area (TPSA) is 44.7 Å². The number of hydrogen-bond acceptors (Lipinski definition) is 3. The van der Waals surface area contributed by atoms with Crippen molar-refractivity contribution in [2.24, 2.45) is 4.99 Å². The van der Waals surface area contributed by atoms with Crippen LogP contribution in [0.5, 0.6) is 0 Å². The van der Waals surface area contributed by atoms with Crippen LogP contribution < -0.4 is 5.32 Å². The zero-order valence-electron chi connectivity index (χ0n) is 8.20. The average molecular weight is 193 g/mol. The molecule has 0 radical (unpaired) electrons. The van der Waals surface area contributed by atoms with E-state index >= 15 is 0 Å². The first-order valence-electron chi connectivity index (χ1n) is 5.35. The van der Waals surface area contributed by atoms with Crippen molar-refractivity contribution < 1.29 is 4.79 Å². The Labute approximate surface area is 83.4 Å². The molecule has 2 atom stereocenters. The first-order chi connectivity index (χ1) is 6.80. The molecule has 4 heteroatoms. The lowest BCUT2D eigenvalue weighted by atomic mass is 9.83. The van der Waals surface area contributed by atoms with E-state index in [4.69, 9.17) is 0 Å². The van der Waals surface area contributed by atoms with Gasteiger partial charge in [0.2, 0.25) is 5.91 Å². The fraction of sp³-hybridized carbons (Fsp3) is 0.800. The number of hydrogen-bond donors (Lipinski definition) is 1. The molecule has 0 aromatic heterocycles. The summed E-state index contributed by atoms with van der Waals surface area (Å²) in [5.41, 5.74) is 0.0694. The Morgan fingerprint density at radius 3 is 3.36 bits per heavy atom. The molecule has 3 rings (SSSR count). The van der Waals surface area contributed by atoms with Crippen molar-refractivity contribution in [3.8, 4) is 0 Å². The molecule has 2 fully saturated rings. The molecule has 4 nitrogen and oxygen atoms in total. The SMILES string of the molecule is O=C1CC2(CCCC3CN=CN32)CN1. The van der Waals surface area contributed by atoms with Crippen molar-refractivity contribution in [1.29, 1.82) is 0 Å². The Bertz CT molecular complexity index is 302. The highest BCUT2D eigenvalue weighted by atomic mass is 16.2. The van der Waals surface area contributed by atoms with Crippen molar-refractivity contribution in [2.45, 2.75) is 37.3 Å². The van der Waals surface area contributed by atoms with Crippen molar-refractivity contribution in [1.82, 2.24) is 10.2 Å². The van der Waals surface area contributed by atoms with Gasteiger partial charge in [-0.25, -0.2) is 0 Å². The molecule has 1 spiro atoms. The van der Waals surface area contributed by atoms with E-state index in [0.717, 1.165) is 19.5 Å². The van der Waals surface area contributed by atoms with Crippen LogP contribution in [0.4, 0.5) is 0 Å². The van der Waals surface area contributed by atoms with E-state index < -0.39 is 0 Å². The summed E-state index contributed by atoms with van der Waals surface area (Å²) in [7, 11) is 0. The molecule has 2 unspecified atom stereocenters. The number of amides is 1. The fourth-order valence-corrected chi connectivity index (χ4v) is 3.02. The summed E-state index contributed by atoms with van der Waals surface area (Å²) < 4.78 is 0. The van der Waals surface area contributed by atoms with Gasteiger partial charge in [0.05, 0.1) is 30.9 Å². The molecule has 0 bridgehead atoms. The summed E-state index contributed by atoms with van der Waals surface area (Å²) in [6, 6.07) is 0.566. The van der Waals surface area contributed by atoms with Gasteiger partial charge in [0.25, 0.3) is 0 Å². The maximum Gasteiger partial charge on any atom is 0.222 e. The monoisotopic (exact) mass is 193 g/mol. The number of carbonyl (C=O) groups excluding carboxylic acids is 1. The Kier molecular flexibility index (Phi) is 1.60. The highest BCUT2D eigenvalue weighted by Crippen LogP contribution is 2.37. The van der Waals surface area contributed by atoms with Crippen LogP contribution in [0.25, 0.3) is 0 Å². The van der Waals surface area contributed by atoms with E-state index in [0.29, 0.717) is 12.5 Å². The standard InChI is InChI=1S/C10H15N3O/c14-9-4-10(6-12-9)3-1-2-8-5-11-7-13(8)10/h7-8H,1-6H2,(H,12,14). The number of piperidine rings is 1. The van der Waals surface area contributed by atoms with Crippen molar-refractivity contribution >= 4 is 12.2 Å². The van der Waals surface area contributed by atoms with Gasteiger partial charge in [-0.3, -0.25) is 9.79 Å². The Balaban J connectivity index is 1.90. The maximum atomic E-state index is 11.3. The van der Waals surface area contributed by atoms with Gasteiger partial charge >= 0.3 is 0 Å². The minimum atomic E-state index is 0.0694. The predicted molar refractivity (Wildman–Crippen MR) is 53.2 cm³/mol. The van der Waals surface area contributed by atoms with E-state index in [1.54, 1.807) is 0 Å². The lowest BCUT2D eigenvalue weighted by Crippen LogP contribution is -2.55. The molecule has 1 N–H and O–H groups in total. The zero-order chi connectivity index (χ0) is 9.60. The fourth-order valence-electron chi connectivity index (χ4n) is 3.02. The third-order valence-corrected chi connectivity index (χ3v) is 3.75. The first-order valence-corrected chi connectivity index (χ1v) is 5.35. The van der Waals surface area contributed by atoms with Crippen LogP contribution in [0.3, 0.4) is 0 Å². The van der Waals surface area contributed by atoms with Crippen LogP contribution in [0.2, 0.25) is 0 Å². The van der Waals surface area contributed by atoms with Crippen LogP contribution in [0.15, 0.2) is 4.99 Å². The third kappa shape index (κ3) is 0.996. The molecule has 2 saturated heterocycles. The van der Waals surface area contributed by atoms with Crippen LogP contribution in [-0.2, 0) is 4.79 Å². The average Bonchev–Trinajstić information content (AvgIpc) is 2.75. The quantitative estimate of drug-likeness (QED) is 0.595. The second-order valence-corrected chi connectivity index (χ2v) is 4.61. The van der Waals surface area contributed by atoms with Gasteiger partial charge in [0.1, 0.15) is 0 Å². The molecule has 3 aliphatic rings. The summed E-state index contributed by atoms with van der Waals surface area (Å²) in [4.78, 5) is 18.0. The molecule has 0 aliphatic carbocycles. The minimum Gasteiger partial charge on any atom is -0.354 e. The van der Waals surface area contributed by atoms with E-state index in [1.165, 1.54) is 12.8 Å². The van der Waals surface area contributed by atoms with E-state index in [1.807, 2.05) is 6.34 Å². The first kappa shape index (κ1) is 8.26. The highest BCUT2D eigenvalue weighted by Gasteiger charge is 2.48. The molecule has 0 saturated carbocycles. The van der Waals surface area contributed by atoms with E-state index in [2.05, 4.69) is 15.2 Å². The second-order valence-electron chi connectivity index (χ2n) is 4.61. The van der Waals surface area contributed by atoms with Gasteiger partial charge in [-0.2, -0.15) is 0 Å². The lowest BCUT2D eigenvalue weighted by Gasteiger charge is -2.45. The highest BCUT2D eigenvalue weighted by molar-refractivity contribution is 5.81. The molecule has 3 aliphatic heterocycles. The Hall–Kier alpha value is -1.06. The molecule has 76 valence electrons. The van der Waals surface area contributed by atoms with Gasteiger partial charge in [0.15, 0.2) is 0 Å². The number of carbonyl (C=O) groups is 1. The molecular weight excluding hydrogens is 178 g/mol. The zero-order valence-corrected chi connectivity index (χ0v) is 8.20. The van der Waals surface area contributed by atoms with Crippen molar-refractivity contribution in [3.05, 3.63) is 0 Å². The summed E-state index contributed by atoms with van der Waals surface area (Å²) in [6.45, 7) is 1.74. The largest absolute Gasteiger partial charge is 0.354 e. The summed E-state index contributed by atoms with van der Waals surface area (Å²) in [5.74, 6) is 0.200.